The molecule has 0 amide bonds. The van der Waals surface area contributed by atoms with Crippen LogP contribution in [0.3, 0.4) is 0 Å². The standard InChI is InChI=1S/C13H18N4OS/c1-8-12(19-9(2)15-8)13-16-11(17-18-13)6-10-4-3-5-14-7-10/h10,14H,3-7H2,1-2H3. The maximum absolute atomic E-state index is 5.38. The van der Waals surface area contributed by atoms with E-state index < -0.39 is 0 Å². The molecule has 1 aliphatic heterocycles. The van der Waals surface area contributed by atoms with E-state index in [4.69, 9.17) is 4.52 Å². The summed E-state index contributed by atoms with van der Waals surface area (Å²) in [6, 6.07) is 0. The third-order valence-corrected chi connectivity index (χ3v) is 4.50. The largest absolute Gasteiger partial charge is 0.333 e. The fourth-order valence-corrected chi connectivity index (χ4v) is 3.36. The molecule has 1 atom stereocenters. The van der Waals surface area contributed by atoms with Crippen LogP contribution < -0.4 is 5.32 Å². The molecule has 1 aliphatic rings. The molecule has 1 saturated heterocycles. The van der Waals surface area contributed by atoms with Crippen molar-refractivity contribution in [2.24, 2.45) is 5.92 Å². The van der Waals surface area contributed by atoms with Crippen molar-refractivity contribution < 1.29 is 4.52 Å². The van der Waals surface area contributed by atoms with Gasteiger partial charge >= 0.3 is 0 Å². The highest BCUT2D eigenvalue weighted by Crippen LogP contribution is 2.28. The monoisotopic (exact) mass is 278 g/mol. The van der Waals surface area contributed by atoms with Gasteiger partial charge in [-0.1, -0.05) is 5.16 Å². The number of aryl methyl sites for hydroxylation is 2. The molecule has 1 N–H and O–H groups in total. The molecule has 0 aromatic carbocycles. The van der Waals surface area contributed by atoms with Crippen molar-refractivity contribution in [3.8, 4) is 10.8 Å². The summed E-state index contributed by atoms with van der Waals surface area (Å²) < 4.78 is 5.38. The Labute approximate surface area is 116 Å². The highest BCUT2D eigenvalue weighted by Gasteiger charge is 2.19. The smallest absolute Gasteiger partial charge is 0.269 e. The van der Waals surface area contributed by atoms with E-state index in [2.05, 4.69) is 20.4 Å². The molecule has 2 aromatic heterocycles. The van der Waals surface area contributed by atoms with Gasteiger partial charge in [0.2, 0.25) is 0 Å². The van der Waals surface area contributed by atoms with Crippen LogP contribution in [0.4, 0.5) is 0 Å². The minimum atomic E-state index is 0.613. The summed E-state index contributed by atoms with van der Waals surface area (Å²) in [4.78, 5) is 9.90. The SMILES string of the molecule is Cc1nc(C)c(-c2nc(CC3CCCNC3)no2)s1. The van der Waals surface area contributed by atoms with Crippen molar-refractivity contribution in [1.29, 1.82) is 0 Å². The Kier molecular flexibility index (Phi) is 3.61. The zero-order chi connectivity index (χ0) is 13.2. The van der Waals surface area contributed by atoms with Gasteiger partial charge in [-0.15, -0.1) is 11.3 Å². The van der Waals surface area contributed by atoms with E-state index in [1.807, 2.05) is 13.8 Å². The summed E-state index contributed by atoms with van der Waals surface area (Å²) in [5.41, 5.74) is 0.969. The number of aromatic nitrogens is 3. The molecule has 0 aliphatic carbocycles. The molecule has 19 heavy (non-hydrogen) atoms. The van der Waals surface area contributed by atoms with Crippen molar-refractivity contribution >= 4 is 11.3 Å². The quantitative estimate of drug-likeness (QED) is 0.933. The lowest BCUT2D eigenvalue weighted by Gasteiger charge is -2.20. The van der Waals surface area contributed by atoms with Crippen LogP contribution in [0.15, 0.2) is 4.52 Å². The Morgan fingerprint density at radius 2 is 2.26 bits per heavy atom. The van der Waals surface area contributed by atoms with E-state index in [0.29, 0.717) is 11.8 Å². The van der Waals surface area contributed by atoms with Gasteiger partial charge in [-0.2, -0.15) is 4.98 Å². The summed E-state index contributed by atoms with van der Waals surface area (Å²) in [6.45, 7) is 6.16. The van der Waals surface area contributed by atoms with Gasteiger partial charge in [0, 0.05) is 6.42 Å². The van der Waals surface area contributed by atoms with Crippen LogP contribution in [0.5, 0.6) is 0 Å². The van der Waals surface area contributed by atoms with Gasteiger partial charge in [0.15, 0.2) is 5.82 Å². The van der Waals surface area contributed by atoms with Gasteiger partial charge in [-0.05, 0) is 45.7 Å². The van der Waals surface area contributed by atoms with Crippen LogP contribution in [-0.4, -0.2) is 28.2 Å². The van der Waals surface area contributed by atoms with Crippen molar-refractivity contribution in [3.63, 3.8) is 0 Å². The molecule has 1 fully saturated rings. The number of nitrogens with one attached hydrogen (secondary N) is 1. The first-order valence-corrected chi connectivity index (χ1v) is 7.51. The van der Waals surface area contributed by atoms with Gasteiger partial charge in [-0.3, -0.25) is 0 Å². The van der Waals surface area contributed by atoms with E-state index in [0.717, 1.165) is 40.9 Å². The van der Waals surface area contributed by atoms with E-state index in [1.54, 1.807) is 11.3 Å². The van der Waals surface area contributed by atoms with Crippen molar-refractivity contribution in [2.75, 3.05) is 13.1 Å². The lowest BCUT2D eigenvalue weighted by Crippen LogP contribution is -2.31. The third kappa shape index (κ3) is 2.84. The first-order chi connectivity index (χ1) is 9.22. The van der Waals surface area contributed by atoms with Crippen LogP contribution in [-0.2, 0) is 6.42 Å². The van der Waals surface area contributed by atoms with Crippen molar-refractivity contribution in [3.05, 3.63) is 16.5 Å². The molecular weight excluding hydrogens is 260 g/mol. The predicted molar refractivity (Wildman–Crippen MR) is 74.2 cm³/mol. The Bertz CT molecular complexity index is 557. The molecule has 2 aromatic rings. The highest BCUT2D eigenvalue weighted by atomic mass is 32.1. The molecular formula is C13H18N4OS. The Morgan fingerprint density at radius 1 is 1.37 bits per heavy atom. The highest BCUT2D eigenvalue weighted by molar-refractivity contribution is 7.15. The topological polar surface area (TPSA) is 63.8 Å². The van der Waals surface area contributed by atoms with Crippen molar-refractivity contribution in [1.82, 2.24) is 20.4 Å². The Morgan fingerprint density at radius 3 is 2.95 bits per heavy atom. The number of hydrogen-bond donors (Lipinski definition) is 1. The second-order valence-electron chi connectivity index (χ2n) is 5.08. The third-order valence-electron chi connectivity index (χ3n) is 3.44. The lowest BCUT2D eigenvalue weighted by atomic mass is 9.96. The first kappa shape index (κ1) is 12.7. The van der Waals surface area contributed by atoms with Crippen LogP contribution in [0.2, 0.25) is 0 Å². The molecule has 3 heterocycles. The predicted octanol–water partition coefficient (Wildman–Crippen LogP) is 2.35. The zero-order valence-electron chi connectivity index (χ0n) is 11.3. The Balaban J connectivity index is 1.74. The summed E-state index contributed by atoms with van der Waals surface area (Å²) >= 11 is 1.61. The first-order valence-electron chi connectivity index (χ1n) is 6.70. The average molecular weight is 278 g/mol. The normalized spacial score (nSPS) is 19.8. The molecule has 0 saturated carbocycles. The second-order valence-corrected chi connectivity index (χ2v) is 6.28. The van der Waals surface area contributed by atoms with E-state index in [9.17, 15) is 0 Å². The van der Waals surface area contributed by atoms with Crippen LogP contribution in [0.25, 0.3) is 10.8 Å². The molecule has 102 valence electrons. The number of piperidine rings is 1. The van der Waals surface area contributed by atoms with E-state index in [-0.39, 0.29) is 0 Å². The lowest BCUT2D eigenvalue weighted by molar-refractivity contribution is 0.360. The number of nitrogens with zero attached hydrogens (tertiary/aromatic N) is 3. The van der Waals surface area contributed by atoms with Gasteiger partial charge in [-0.25, -0.2) is 4.98 Å². The minimum absolute atomic E-state index is 0.613. The van der Waals surface area contributed by atoms with E-state index in [1.165, 1.54) is 12.8 Å². The van der Waals surface area contributed by atoms with Crippen LogP contribution in [0, 0.1) is 19.8 Å². The van der Waals surface area contributed by atoms with E-state index >= 15 is 0 Å². The minimum Gasteiger partial charge on any atom is -0.333 e. The summed E-state index contributed by atoms with van der Waals surface area (Å²) in [5.74, 6) is 2.06. The average Bonchev–Trinajstić information content (AvgIpc) is 2.97. The van der Waals surface area contributed by atoms with Crippen LogP contribution in [0.1, 0.15) is 29.4 Å². The Hall–Kier alpha value is -1.27. The summed E-state index contributed by atoms with van der Waals surface area (Å²) in [6.07, 6.45) is 3.38. The molecule has 6 heteroatoms. The second kappa shape index (κ2) is 5.38. The molecule has 3 rings (SSSR count). The maximum Gasteiger partial charge on any atom is 0.269 e. The summed E-state index contributed by atoms with van der Waals surface area (Å²) in [5, 5.41) is 8.55. The number of thiazole rings is 1. The molecule has 1 unspecified atom stereocenters. The van der Waals surface area contributed by atoms with Gasteiger partial charge in [0.05, 0.1) is 10.7 Å². The molecule has 0 radical (unpaired) electrons. The summed E-state index contributed by atoms with van der Waals surface area (Å²) in [7, 11) is 0. The van der Waals surface area contributed by atoms with Crippen molar-refractivity contribution in [2.45, 2.75) is 33.1 Å². The fourth-order valence-electron chi connectivity index (χ4n) is 2.52. The molecule has 5 nitrogen and oxygen atoms in total. The van der Waals surface area contributed by atoms with Gasteiger partial charge in [0.25, 0.3) is 5.89 Å². The van der Waals surface area contributed by atoms with Gasteiger partial charge < -0.3 is 9.84 Å². The molecule has 0 bridgehead atoms. The van der Waals surface area contributed by atoms with Gasteiger partial charge in [0.1, 0.15) is 4.88 Å². The number of rotatable bonds is 3. The van der Waals surface area contributed by atoms with Crippen LogP contribution >= 0.6 is 11.3 Å². The maximum atomic E-state index is 5.38. The fraction of sp³-hybridized carbons (Fsp3) is 0.615. The number of hydrogen-bond acceptors (Lipinski definition) is 6. The zero-order valence-corrected chi connectivity index (χ0v) is 12.1. The molecule has 0 spiro atoms.